The Kier molecular flexibility index (Phi) is 3.95. The molecule has 2 unspecified atom stereocenters. The summed E-state index contributed by atoms with van der Waals surface area (Å²) >= 11 is 0. The SMILES string of the molecule is CC1CCC(CNc2nccc(C#N)c2[N+](=O)[O-])C1. The molecule has 19 heavy (non-hydrogen) atoms. The van der Waals surface area contributed by atoms with Gasteiger partial charge in [-0.3, -0.25) is 10.1 Å². The van der Waals surface area contributed by atoms with Crippen LogP contribution in [0.3, 0.4) is 0 Å². The normalized spacial score (nSPS) is 21.9. The molecule has 1 aliphatic carbocycles. The van der Waals surface area contributed by atoms with Crippen LogP contribution >= 0.6 is 0 Å². The summed E-state index contributed by atoms with van der Waals surface area (Å²) in [6.07, 6.45) is 4.91. The van der Waals surface area contributed by atoms with Crippen LogP contribution in [0.15, 0.2) is 12.3 Å². The molecule has 1 saturated carbocycles. The number of nitriles is 1. The van der Waals surface area contributed by atoms with Crippen molar-refractivity contribution in [2.75, 3.05) is 11.9 Å². The van der Waals surface area contributed by atoms with Crippen molar-refractivity contribution >= 4 is 11.5 Å². The van der Waals surface area contributed by atoms with E-state index >= 15 is 0 Å². The van der Waals surface area contributed by atoms with Crippen molar-refractivity contribution in [2.45, 2.75) is 26.2 Å². The maximum absolute atomic E-state index is 11.0. The lowest BCUT2D eigenvalue weighted by Crippen LogP contribution is -2.14. The molecule has 0 radical (unpaired) electrons. The second-order valence-electron chi connectivity index (χ2n) is 5.09. The maximum Gasteiger partial charge on any atom is 0.328 e. The molecule has 2 atom stereocenters. The molecule has 1 fully saturated rings. The van der Waals surface area contributed by atoms with Gasteiger partial charge in [-0.05, 0) is 30.7 Å². The minimum atomic E-state index is -0.550. The Morgan fingerprint density at radius 1 is 1.63 bits per heavy atom. The number of hydrogen-bond donors (Lipinski definition) is 1. The molecule has 1 aromatic rings. The number of nitrogens with one attached hydrogen (secondary N) is 1. The van der Waals surface area contributed by atoms with Crippen LogP contribution in [0.2, 0.25) is 0 Å². The van der Waals surface area contributed by atoms with Crippen LogP contribution in [0.4, 0.5) is 11.5 Å². The molecule has 0 bridgehead atoms. The number of nitrogens with zero attached hydrogens (tertiary/aromatic N) is 3. The van der Waals surface area contributed by atoms with Gasteiger partial charge in [-0.25, -0.2) is 4.98 Å². The Morgan fingerprint density at radius 3 is 3.00 bits per heavy atom. The van der Waals surface area contributed by atoms with E-state index < -0.39 is 4.92 Å². The molecule has 6 heteroatoms. The molecule has 0 amide bonds. The summed E-state index contributed by atoms with van der Waals surface area (Å²) in [5.41, 5.74) is -0.182. The van der Waals surface area contributed by atoms with Gasteiger partial charge >= 0.3 is 5.69 Å². The van der Waals surface area contributed by atoms with Crippen LogP contribution in [-0.4, -0.2) is 16.5 Å². The third kappa shape index (κ3) is 2.99. The van der Waals surface area contributed by atoms with Crippen LogP contribution in [0.1, 0.15) is 31.7 Å². The lowest BCUT2D eigenvalue weighted by Gasteiger charge is -2.11. The van der Waals surface area contributed by atoms with Crippen LogP contribution in [0.5, 0.6) is 0 Å². The predicted octanol–water partition coefficient (Wildman–Crippen LogP) is 2.71. The van der Waals surface area contributed by atoms with E-state index in [2.05, 4.69) is 17.2 Å². The highest BCUT2D eigenvalue weighted by Crippen LogP contribution is 2.31. The van der Waals surface area contributed by atoms with E-state index in [1.165, 1.54) is 18.7 Å². The van der Waals surface area contributed by atoms with Gasteiger partial charge in [0.2, 0.25) is 5.82 Å². The van der Waals surface area contributed by atoms with E-state index in [0.717, 1.165) is 18.8 Å². The van der Waals surface area contributed by atoms with Gasteiger partial charge in [0.15, 0.2) is 0 Å². The third-order valence-electron chi connectivity index (χ3n) is 3.59. The molecular formula is C13H16N4O2. The second kappa shape index (κ2) is 5.65. The van der Waals surface area contributed by atoms with E-state index in [9.17, 15) is 10.1 Å². The third-order valence-corrected chi connectivity index (χ3v) is 3.59. The Labute approximate surface area is 111 Å². The Hall–Kier alpha value is -2.16. The van der Waals surface area contributed by atoms with Gasteiger partial charge in [-0.2, -0.15) is 5.26 Å². The van der Waals surface area contributed by atoms with E-state index in [0.29, 0.717) is 12.5 Å². The molecule has 1 heterocycles. The first-order chi connectivity index (χ1) is 9.11. The Morgan fingerprint density at radius 2 is 2.42 bits per heavy atom. The summed E-state index contributed by atoms with van der Waals surface area (Å²) in [4.78, 5) is 14.5. The Balaban J connectivity index is 2.12. The molecular weight excluding hydrogens is 244 g/mol. The zero-order chi connectivity index (χ0) is 13.8. The fraction of sp³-hybridized carbons (Fsp3) is 0.538. The molecule has 6 nitrogen and oxygen atoms in total. The summed E-state index contributed by atoms with van der Waals surface area (Å²) in [5.74, 6) is 1.45. The first-order valence-electron chi connectivity index (χ1n) is 6.39. The number of hydrogen-bond acceptors (Lipinski definition) is 5. The number of rotatable bonds is 4. The minimum Gasteiger partial charge on any atom is -0.364 e. The number of anilines is 1. The van der Waals surface area contributed by atoms with Crippen molar-refractivity contribution in [1.29, 1.82) is 5.26 Å². The van der Waals surface area contributed by atoms with Gasteiger partial charge in [-0.1, -0.05) is 13.3 Å². The van der Waals surface area contributed by atoms with Crippen LogP contribution in [-0.2, 0) is 0 Å². The lowest BCUT2D eigenvalue weighted by molar-refractivity contribution is -0.384. The van der Waals surface area contributed by atoms with E-state index in [1.54, 1.807) is 0 Å². The van der Waals surface area contributed by atoms with Crippen LogP contribution in [0.25, 0.3) is 0 Å². The largest absolute Gasteiger partial charge is 0.364 e. The van der Waals surface area contributed by atoms with Gasteiger partial charge in [0.1, 0.15) is 11.6 Å². The van der Waals surface area contributed by atoms with Gasteiger partial charge in [0.25, 0.3) is 0 Å². The van der Waals surface area contributed by atoms with Crippen LogP contribution < -0.4 is 5.32 Å². The highest BCUT2D eigenvalue weighted by molar-refractivity contribution is 5.64. The predicted molar refractivity (Wildman–Crippen MR) is 70.6 cm³/mol. The standard InChI is InChI=1S/C13H16N4O2/c1-9-2-3-10(6-9)8-16-13-12(17(18)19)11(7-14)4-5-15-13/h4-5,9-10H,2-3,6,8H2,1H3,(H,15,16). The van der Waals surface area contributed by atoms with Crippen molar-refractivity contribution in [3.63, 3.8) is 0 Å². The van der Waals surface area contributed by atoms with Crippen molar-refractivity contribution in [3.05, 3.63) is 27.9 Å². The zero-order valence-electron chi connectivity index (χ0n) is 10.8. The fourth-order valence-electron chi connectivity index (χ4n) is 2.61. The second-order valence-corrected chi connectivity index (χ2v) is 5.09. The van der Waals surface area contributed by atoms with E-state index in [4.69, 9.17) is 5.26 Å². The number of pyridine rings is 1. The summed E-state index contributed by atoms with van der Waals surface area (Å²) < 4.78 is 0. The minimum absolute atomic E-state index is 0.0438. The molecule has 1 N–H and O–H groups in total. The average Bonchev–Trinajstić information content (AvgIpc) is 2.81. The summed E-state index contributed by atoms with van der Waals surface area (Å²) in [6.45, 7) is 2.89. The summed E-state index contributed by atoms with van der Waals surface area (Å²) in [6, 6.07) is 3.19. The molecule has 0 spiro atoms. The summed E-state index contributed by atoms with van der Waals surface area (Å²) in [7, 11) is 0. The highest BCUT2D eigenvalue weighted by Gasteiger charge is 2.24. The first-order valence-corrected chi connectivity index (χ1v) is 6.39. The quantitative estimate of drug-likeness (QED) is 0.663. The average molecular weight is 260 g/mol. The Bertz CT molecular complexity index is 524. The molecule has 1 aliphatic rings. The van der Waals surface area contributed by atoms with Crippen molar-refractivity contribution < 1.29 is 4.92 Å². The van der Waals surface area contributed by atoms with Gasteiger partial charge < -0.3 is 5.32 Å². The smallest absolute Gasteiger partial charge is 0.328 e. The highest BCUT2D eigenvalue weighted by atomic mass is 16.6. The topological polar surface area (TPSA) is 91.8 Å². The lowest BCUT2D eigenvalue weighted by atomic mass is 10.1. The fourth-order valence-corrected chi connectivity index (χ4v) is 2.61. The summed E-state index contributed by atoms with van der Waals surface area (Å²) in [5, 5.41) is 22.9. The molecule has 0 aliphatic heterocycles. The first kappa shape index (κ1) is 13.3. The van der Waals surface area contributed by atoms with Crippen molar-refractivity contribution in [2.24, 2.45) is 11.8 Å². The van der Waals surface area contributed by atoms with E-state index in [1.807, 2.05) is 6.07 Å². The number of aromatic nitrogens is 1. The van der Waals surface area contributed by atoms with Crippen molar-refractivity contribution in [1.82, 2.24) is 4.98 Å². The van der Waals surface area contributed by atoms with Gasteiger partial charge in [0, 0.05) is 12.7 Å². The zero-order valence-corrected chi connectivity index (χ0v) is 10.8. The maximum atomic E-state index is 11.0. The molecule has 2 rings (SSSR count). The van der Waals surface area contributed by atoms with Gasteiger partial charge in [0.05, 0.1) is 4.92 Å². The van der Waals surface area contributed by atoms with Crippen LogP contribution in [0, 0.1) is 33.3 Å². The monoisotopic (exact) mass is 260 g/mol. The molecule has 0 saturated heterocycles. The molecule has 0 aromatic carbocycles. The van der Waals surface area contributed by atoms with Crippen molar-refractivity contribution in [3.8, 4) is 6.07 Å². The van der Waals surface area contributed by atoms with E-state index in [-0.39, 0.29) is 17.1 Å². The number of nitro groups is 1. The molecule has 100 valence electrons. The van der Waals surface area contributed by atoms with Gasteiger partial charge in [-0.15, -0.1) is 0 Å². The molecule has 1 aromatic heterocycles.